The quantitative estimate of drug-likeness (QED) is 0.308. The van der Waals surface area contributed by atoms with Crippen LogP contribution in [0.15, 0.2) is 23.4 Å². The van der Waals surface area contributed by atoms with E-state index in [1.807, 2.05) is 36.9 Å². The van der Waals surface area contributed by atoms with Crippen molar-refractivity contribution in [2.24, 2.45) is 10.9 Å². The topological polar surface area (TPSA) is 82.1 Å². The number of benzene rings is 1. The van der Waals surface area contributed by atoms with Gasteiger partial charge in [-0.05, 0) is 31.5 Å². The number of aryl methyl sites for hydroxylation is 1. The number of rotatable bonds is 5. The van der Waals surface area contributed by atoms with Gasteiger partial charge >= 0.3 is 0 Å². The van der Waals surface area contributed by atoms with E-state index >= 15 is 0 Å². The van der Waals surface area contributed by atoms with Gasteiger partial charge in [-0.25, -0.2) is 0 Å². The van der Waals surface area contributed by atoms with Crippen LogP contribution in [0, 0.1) is 6.92 Å². The van der Waals surface area contributed by atoms with Gasteiger partial charge in [-0.3, -0.25) is 0 Å². The molecule has 0 fully saturated rings. The molecule has 1 aromatic rings. The molecule has 0 aliphatic carbocycles. The molecular weight excluding hydrogens is 218 g/mol. The molecule has 0 aromatic heterocycles. The van der Waals surface area contributed by atoms with E-state index in [0.717, 1.165) is 17.8 Å². The lowest BCUT2D eigenvalue weighted by Gasteiger charge is -2.25. The number of hydrogen-bond donors (Lipinski definition) is 3. The molecule has 1 rings (SSSR count). The van der Waals surface area contributed by atoms with Crippen molar-refractivity contribution in [3.63, 3.8) is 0 Å². The molecule has 4 N–H and O–H groups in total. The van der Waals surface area contributed by atoms with Crippen molar-refractivity contribution in [3.05, 3.63) is 29.3 Å². The number of oxime groups is 1. The van der Waals surface area contributed by atoms with Crippen molar-refractivity contribution in [2.75, 3.05) is 24.6 Å². The molecule has 0 bridgehead atoms. The molecule has 0 heterocycles. The van der Waals surface area contributed by atoms with Gasteiger partial charge in [0.2, 0.25) is 0 Å². The number of aliphatic hydroxyl groups excluding tert-OH is 1. The summed E-state index contributed by atoms with van der Waals surface area (Å²) in [6.07, 6.45) is 0. The van der Waals surface area contributed by atoms with Crippen molar-refractivity contribution in [1.29, 1.82) is 0 Å². The zero-order valence-electron chi connectivity index (χ0n) is 10.2. The highest BCUT2D eigenvalue weighted by molar-refractivity contribution is 6.02. The van der Waals surface area contributed by atoms with E-state index in [2.05, 4.69) is 5.16 Å². The minimum absolute atomic E-state index is 0.0669. The summed E-state index contributed by atoms with van der Waals surface area (Å²) in [7, 11) is 0. The van der Waals surface area contributed by atoms with Crippen LogP contribution in [0.4, 0.5) is 5.69 Å². The Morgan fingerprint density at radius 1 is 1.47 bits per heavy atom. The van der Waals surface area contributed by atoms with Gasteiger partial charge in [0.15, 0.2) is 5.84 Å². The third kappa shape index (κ3) is 3.10. The van der Waals surface area contributed by atoms with Gasteiger partial charge in [-0.2, -0.15) is 0 Å². The highest BCUT2D eigenvalue weighted by Crippen LogP contribution is 2.22. The second kappa shape index (κ2) is 6.10. The van der Waals surface area contributed by atoms with E-state index in [0.29, 0.717) is 12.1 Å². The van der Waals surface area contributed by atoms with Crippen LogP contribution in [0.1, 0.15) is 18.1 Å². The molecule has 0 aliphatic heterocycles. The van der Waals surface area contributed by atoms with Crippen molar-refractivity contribution >= 4 is 11.5 Å². The smallest absolute Gasteiger partial charge is 0.172 e. The summed E-state index contributed by atoms with van der Waals surface area (Å²) in [5.74, 6) is 0.0800. The third-order valence-corrected chi connectivity index (χ3v) is 2.63. The number of aliphatic hydroxyl groups is 1. The van der Waals surface area contributed by atoms with Gasteiger partial charge in [0.05, 0.1) is 6.61 Å². The van der Waals surface area contributed by atoms with Crippen molar-refractivity contribution in [1.82, 2.24) is 0 Å². The normalized spacial score (nSPS) is 11.6. The molecule has 5 nitrogen and oxygen atoms in total. The second-order valence-corrected chi connectivity index (χ2v) is 3.81. The number of hydrogen-bond acceptors (Lipinski definition) is 4. The van der Waals surface area contributed by atoms with Crippen LogP contribution in [0.2, 0.25) is 0 Å². The minimum atomic E-state index is 0.0669. The molecule has 0 saturated heterocycles. The van der Waals surface area contributed by atoms with Gasteiger partial charge in [-0.15, -0.1) is 0 Å². The SMILES string of the molecule is CCN(CCO)c1cc(C)ccc1/C(N)=N/O. The summed E-state index contributed by atoms with van der Waals surface area (Å²) in [5.41, 5.74) is 8.28. The van der Waals surface area contributed by atoms with Gasteiger partial charge in [-0.1, -0.05) is 11.2 Å². The first-order chi connectivity index (χ1) is 8.13. The van der Waals surface area contributed by atoms with E-state index < -0.39 is 0 Å². The molecule has 0 aliphatic rings. The predicted molar refractivity (Wildman–Crippen MR) is 68.7 cm³/mol. The Labute approximate surface area is 101 Å². The van der Waals surface area contributed by atoms with Crippen LogP contribution in [0.3, 0.4) is 0 Å². The average Bonchev–Trinajstić information content (AvgIpc) is 2.35. The molecule has 17 heavy (non-hydrogen) atoms. The molecule has 94 valence electrons. The van der Waals surface area contributed by atoms with Crippen molar-refractivity contribution < 1.29 is 10.3 Å². The van der Waals surface area contributed by atoms with Crippen LogP contribution >= 0.6 is 0 Å². The lowest BCUT2D eigenvalue weighted by molar-refractivity contribution is 0.302. The highest BCUT2D eigenvalue weighted by Gasteiger charge is 2.12. The van der Waals surface area contributed by atoms with Gasteiger partial charge in [0.25, 0.3) is 0 Å². The lowest BCUT2D eigenvalue weighted by atomic mass is 10.1. The van der Waals surface area contributed by atoms with Crippen LogP contribution in [-0.2, 0) is 0 Å². The molecule has 0 amide bonds. The van der Waals surface area contributed by atoms with E-state index in [9.17, 15) is 0 Å². The first kappa shape index (κ1) is 13.3. The summed E-state index contributed by atoms with van der Waals surface area (Å²) in [6, 6.07) is 5.69. The zero-order valence-corrected chi connectivity index (χ0v) is 10.2. The Bertz CT molecular complexity index is 405. The van der Waals surface area contributed by atoms with E-state index in [4.69, 9.17) is 16.0 Å². The largest absolute Gasteiger partial charge is 0.409 e. The zero-order chi connectivity index (χ0) is 12.8. The maximum atomic E-state index is 9.03. The summed E-state index contributed by atoms with van der Waals surface area (Å²) in [4.78, 5) is 1.99. The fourth-order valence-corrected chi connectivity index (χ4v) is 1.74. The van der Waals surface area contributed by atoms with Crippen LogP contribution in [-0.4, -0.2) is 35.8 Å². The van der Waals surface area contributed by atoms with E-state index in [1.54, 1.807) is 0 Å². The molecule has 0 unspecified atom stereocenters. The van der Waals surface area contributed by atoms with Crippen LogP contribution in [0.5, 0.6) is 0 Å². The van der Waals surface area contributed by atoms with Crippen molar-refractivity contribution in [2.45, 2.75) is 13.8 Å². The van der Waals surface area contributed by atoms with E-state index in [-0.39, 0.29) is 12.4 Å². The Balaban J connectivity index is 3.22. The van der Waals surface area contributed by atoms with Gasteiger partial charge < -0.3 is 20.9 Å². The fourth-order valence-electron chi connectivity index (χ4n) is 1.74. The number of anilines is 1. The standard InChI is InChI=1S/C12H19N3O2/c1-3-15(6-7-16)11-8-9(2)4-5-10(11)12(13)14-17/h4-5,8,16-17H,3,6-7H2,1-2H3,(H2,13,14). The molecule has 0 radical (unpaired) electrons. The predicted octanol–water partition coefficient (Wildman–Crippen LogP) is 0.908. The van der Waals surface area contributed by atoms with Crippen LogP contribution in [0.25, 0.3) is 0 Å². The monoisotopic (exact) mass is 237 g/mol. The second-order valence-electron chi connectivity index (χ2n) is 3.81. The first-order valence-electron chi connectivity index (χ1n) is 5.58. The Morgan fingerprint density at radius 2 is 2.18 bits per heavy atom. The minimum Gasteiger partial charge on any atom is -0.409 e. The van der Waals surface area contributed by atoms with Gasteiger partial charge in [0.1, 0.15) is 0 Å². The number of amidine groups is 1. The number of likely N-dealkylation sites (N-methyl/N-ethyl adjacent to an activating group) is 1. The maximum Gasteiger partial charge on any atom is 0.172 e. The number of nitrogens with two attached hydrogens (primary N) is 1. The molecular formula is C12H19N3O2. The fraction of sp³-hybridized carbons (Fsp3) is 0.417. The Morgan fingerprint density at radius 3 is 2.71 bits per heavy atom. The van der Waals surface area contributed by atoms with Crippen molar-refractivity contribution in [3.8, 4) is 0 Å². The molecule has 0 spiro atoms. The summed E-state index contributed by atoms with van der Waals surface area (Å²) < 4.78 is 0. The number of nitrogens with zero attached hydrogens (tertiary/aromatic N) is 2. The Hall–Kier alpha value is -1.75. The van der Waals surface area contributed by atoms with Crippen LogP contribution < -0.4 is 10.6 Å². The van der Waals surface area contributed by atoms with E-state index in [1.165, 1.54) is 0 Å². The summed E-state index contributed by atoms with van der Waals surface area (Å²) in [5, 5.41) is 20.8. The lowest BCUT2D eigenvalue weighted by Crippen LogP contribution is -2.29. The molecule has 1 aromatic carbocycles. The summed E-state index contributed by atoms with van der Waals surface area (Å²) in [6.45, 7) is 5.30. The van der Waals surface area contributed by atoms with Gasteiger partial charge in [0, 0.05) is 24.3 Å². The average molecular weight is 237 g/mol. The summed E-state index contributed by atoms with van der Waals surface area (Å²) >= 11 is 0. The Kier molecular flexibility index (Phi) is 4.78. The molecule has 5 heteroatoms. The third-order valence-electron chi connectivity index (χ3n) is 2.63. The molecule has 0 atom stereocenters. The first-order valence-corrected chi connectivity index (χ1v) is 5.58. The maximum absolute atomic E-state index is 9.03. The highest BCUT2D eigenvalue weighted by atomic mass is 16.4. The molecule has 0 saturated carbocycles.